The number of amidine groups is 1. The average Bonchev–Trinajstić information content (AvgIpc) is 3.02. The lowest BCUT2D eigenvalue weighted by molar-refractivity contribution is 0.384. The molecule has 1 N–H and O–H groups in total. The largest absolute Gasteiger partial charge is 0.353 e. The Labute approximate surface area is 116 Å². The van der Waals surface area contributed by atoms with E-state index >= 15 is 0 Å². The summed E-state index contributed by atoms with van der Waals surface area (Å²) in [7, 11) is 0. The Morgan fingerprint density at radius 1 is 1.11 bits per heavy atom. The Morgan fingerprint density at radius 3 is 2.47 bits per heavy atom. The molecule has 1 fully saturated rings. The van der Waals surface area contributed by atoms with E-state index in [2.05, 4.69) is 14.8 Å². The number of thiazole rings is 1. The van der Waals surface area contributed by atoms with Crippen LogP contribution in [0.4, 0.5) is 5.13 Å². The predicted molar refractivity (Wildman–Crippen MR) is 79.2 cm³/mol. The summed E-state index contributed by atoms with van der Waals surface area (Å²) in [6.07, 6.45) is 1.85. The highest BCUT2D eigenvalue weighted by Gasteiger charge is 2.20. The molecule has 0 aliphatic carbocycles. The number of benzene rings is 1. The van der Waals surface area contributed by atoms with E-state index in [-0.39, 0.29) is 0 Å². The van der Waals surface area contributed by atoms with Gasteiger partial charge in [-0.3, -0.25) is 5.41 Å². The second kappa shape index (κ2) is 5.40. The Bertz CT molecular complexity index is 530. The van der Waals surface area contributed by atoms with Crippen molar-refractivity contribution in [3.8, 4) is 0 Å². The minimum Gasteiger partial charge on any atom is -0.353 e. The van der Waals surface area contributed by atoms with E-state index in [1.807, 2.05) is 41.9 Å². The third kappa shape index (κ3) is 2.61. The molecule has 0 atom stereocenters. The topological polar surface area (TPSA) is 43.2 Å². The van der Waals surface area contributed by atoms with Crippen LogP contribution in [0.1, 0.15) is 5.56 Å². The van der Waals surface area contributed by atoms with Gasteiger partial charge in [-0.2, -0.15) is 0 Å². The van der Waals surface area contributed by atoms with Crippen molar-refractivity contribution in [1.29, 1.82) is 5.41 Å². The Morgan fingerprint density at radius 2 is 1.84 bits per heavy atom. The summed E-state index contributed by atoms with van der Waals surface area (Å²) >= 11 is 1.68. The van der Waals surface area contributed by atoms with Gasteiger partial charge < -0.3 is 9.80 Å². The lowest BCUT2D eigenvalue weighted by atomic mass is 10.2. The molecule has 2 aromatic rings. The number of hydrogen-bond acceptors (Lipinski definition) is 4. The molecule has 4 nitrogen and oxygen atoms in total. The van der Waals surface area contributed by atoms with Crippen LogP contribution in [0.25, 0.3) is 0 Å². The number of nitrogens with one attached hydrogen (secondary N) is 1. The normalized spacial score (nSPS) is 15.6. The van der Waals surface area contributed by atoms with Crippen LogP contribution < -0.4 is 4.90 Å². The van der Waals surface area contributed by atoms with Gasteiger partial charge in [-0.25, -0.2) is 4.98 Å². The van der Waals surface area contributed by atoms with Gasteiger partial charge in [0.1, 0.15) is 5.84 Å². The summed E-state index contributed by atoms with van der Waals surface area (Å²) in [5.74, 6) is 0.624. The van der Waals surface area contributed by atoms with Crippen molar-refractivity contribution < 1.29 is 0 Å². The van der Waals surface area contributed by atoms with Crippen molar-refractivity contribution in [3.63, 3.8) is 0 Å². The van der Waals surface area contributed by atoms with Crippen molar-refractivity contribution in [2.75, 3.05) is 31.1 Å². The van der Waals surface area contributed by atoms with Crippen LogP contribution in [0, 0.1) is 5.41 Å². The van der Waals surface area contributed by atoms with Gasteiger partial charge in [0.2, 0.25) is 0 Å². The Balaban J connectivity index is 1.63. The van der Waals surface area contributed by atoms with Crippen LogP contribution in [0.3, 0.4) is 0 Å². The summed E-state index contributed by atoms with van der Waals surface area (Å²) < 4.78 is 0. The first kappa shape index (κ1) is 12.2. The maximum atomic E-state index is 8.26. The molecule has 1 aliphatic rings. The van der Waals surface area contributed by atoms with E-state index < -0.39 is 0 Å². The molecule has 1 aromatic carbocycles. The fourth-order valence-corrected chi connectivity index (χ4v) is 2.97. The first-order valence-electron chi connectivity index (χ1n) is 6.38. The minimum atomic E-state index is 0.624. The SMILES string of the molecule is N=C(c1ccccc1)N1CCN(c2nccs2)CC1. The van der Waals surface area contributed by atoms with E-state index in [0.29, 0.717) is 5.84 Å². The summed E-state index contributed by atoms with van der Waals surface area (Å²) in [4.78, 5) is 8.77. The quantitative estimate of drug-likeness (QED) is 0.674. The van der Waals surface area contributed by atoms with Gasteiger partial charge in [0, 0.05) is 43.3 Å². The number of hydrogen-bond donors (Lipinski definition) is 1. The molecule has 0 saturated carbocycles. The van der Waals surface area contributed by atoms with Gasteiger partial charge in [0.15, 0.2) is 5.13 Å². The fraction of sp³-hybridized carbons (Fsp3) is 0.286. The van der Waals surface area contributed by atoms with Crippen molar-refractivity contribution in [3.05, 3.63) is 47.5 Å². The van der Waals surface area contributed by atoms with Crippen LogP contribution in [0.5, 0.6) is 0 Å². The lowest BCUT2D eigenvalue weighted by Gasteiger charge is -2.36. The molecule has 3 rings (SSSR count). The van der Waals surface area contributed by atoms with Crippen molar-refractivity contribution in [2.24, 2.45) is 0 Å². The van der Waals surface area contributed by atoms with Gasteiger partial charge in [-0.05, 0) is 0 Å². The maximum Gasteiger partial charge on any atom is 0.185 e. The second-order valence-corrected chi connectivity index (χ2v) is 5.38. The molecule has 1 saturated heterocycles. The van der Waals surface area contributed by atoms with E-state index in [0.717, 1.165) is 36.9 Å². The molecule has 19 heavy (non-hydrogen) atoms. The number of nitrogens with zero attached hydrogens (tertiary/aromatic N) is 3. The number of aromatic nitrogens is 1. The highest BCUT2D eigenvalue weighted by Crippen LogP contribution is 2.19. The molecule has 0 radical (unpaired) electrons. The van der Waals surface area contributed by atoms with E-state index in [9.17, 15) is 0 Å². The second-order valence-electron chi connectivity index (χ2n) is 4.50. The molecule has 0 bridgehead atoms. The van der Waals surface area contributed by atoms with Crippen molar-refractivity contribution in [1.82, 2.24) is 9.88 Å². The molecular weight excluding hydrogens is 256 g/mol. The van der Waals surface area contributed by atoms with Gasteiger partial charge in [-0.15, -0.1) is 11.3 Å². The van der Waals surface area contributed by atoms with Crippen LogP contribution >= 0.6 is 11.3 Å². The lowest BCUT2D eigenvalue weighted by Crippen LogP contribution is -2.48. The number of piperazine rings is 1. The molecule has 0 unspecified atom stereocenters. The first-order chi connectivity index (χ1) is 9.34. The van der Waals surface area contributed by atoms with Crippen molar-refractivity contribution in [2.45, 2.75) is 0 Å². The standard InChI is InChI=1S/C14H16N4S/c15-13(12-4-2-1-3-5-12)17-7-9-18(10-8-17)14-16-6-11-19-14/h1-6,11,15H,7-10H2. The van der Waals surface area contributed by atoms with Gasteiger partial charge in [-0.1, -0.05) is 30.3 Å². The molecule has 1 aromatic heterocycles. The number of anilines is 1. The fourth-order valence-electron chi connectivity index (χ4n) is 2.27. The molecule has 5 heteroatoms. The zero-order valence-electron chi connectivity index (χ0n) is 10.6. The van der Waals surface area contributed by atoms with Crippen LogP contribution in [-0.2, 0) is 0 Å². The van der Waals surface area contributed by atoms with Crippen molar-refractivity contribution >= 4 is 22.3 Å². The van der Waals surface area contributed by atoms with Crippen LogP contribution in [-0.4, -0.2) is 41.9 Å². The molecule has 0 amide bonds. The predicted octanol–water partition coefficient (Wildman–Crippen LogP) is 2.29. The average molecular weight is 272 g/mol. The third-order valence-electron chi connectivity index (χ3n) is 3.33. The maximum absolute atomic E-state index is 8.26. The van der Waals surface area contributed by atoms with Gasteiger partial charge >= 0.3 is 0 Å². The van der Waals surface area contributed by atoms with Crippen LogP contribution in [0.2, 0.25) is 0 Å². The third-order valence-corrected chi connectivity index (χ3v) is 4.17. The summed E-state index contributed by atoms with van der Waals surface area (Å²) in [6.45, 7) is 3.63. The highest BCUT2D eigenvalue weighted by molar-refractivity contribution is 7.13. The molecule has 0 spiro atoms. The zero-order valence-corrected chi connectivity index (χ0v) is 11.4. The minimum absolute atomic E-state index is 0.624. The molecule has 98 valence electrons. The van der Waals surface area contributed by atoms with Gasteiger partial charge in [0.25, 0.3) is 0 Å². The molecule has 1 aliphatic heterocycles. The van der Waals surface area contributed by atoms with E-state index in [1.54, 1.807) is 11.3 Å². The van der Waals surface area contributed by atoms with E-state index in [4.69, 9.17) is 5.41 Å². The monoisotopic (exact) mass is 272 g/mol. The number of rotatable bonds is 2. The van der Waals surface area contributed by atoms with Crippen LogP contribution in [0.15, 0.2) is 41.9 Å². The summed E-state index contributed by atoms with van der Waals surface area (Å²) in [5, 5.41) is 11.4. The summed E-state index contributed by atoms with van der Waals surface area (Å²) in [6, 6.07) is 9.94. The van der Waals surface area contributed by atoms with E-state index in [1.165, 1.54) is 0 Å². The zero-order chi connectivity index (χ0) is 13.1. The summed E-state index contributed by atoms with van der Waals surface area (Å²) in [5.41, 5.74) is 0.991. The smallest absolute Gasteiger partial charge is 0.185 e. The highest BCUT2D eigenvalue weighted by atomic mass is 32.1. The molecular formula is C14H16N4S. The Kier molecular flexibility index (Phi) is 3.46. The first-order valence-corrected chi connectivity index (χ1v) is 7.26. The molecule has 2 heterocycles. The van der Waals surface area contributed by atoms with Gasteiger partial charge in [0.05, 0.1) is 0 Å². The Hall–Kier alpha value is -1.88.